The van der Waals surface area contributed by atoms with Crippen LogP contribution in [0.25, 0.3) is 0 Å². The van der Waals surface area contributed by atoms with E-state index in [1.54, 1.807) is 0 Å². The monoisotopic (exact) mass is 264 g/mol. The van der Waals surface area contributed by atoms with Crippen molar-refractivity contribution in [3.8, 4) is 0 Å². The van der Waals surface area contributed by atoms with Crippen molar-refractivity contribution in [2.24, 2.45) is 17.6 Å². The molecule has 0 radical (unpaired) electrons. The van der Waals surface area contributed by atoms with E-state index in [-0.39, 0.29) is 12.0 Å². The Morgan fingerprint density at radius 1 is 0.895 bits per heavy atom. The molecule has 0 aromatic rings. The lowest BCUT2D eigenvalue weighted by molar-refractivity contribution is -0.138. The number of hydrogen-bond donors (Lipinski definition) is 1. The van der Waals surface area contributed by atoms with Crippen LogP contribution in [-0.2, 0) is 4.79 Å². The first-order chi connectivity index (χ1) is 9.27. The van der Waals surface area contributed by atoms with Crippen LogP contribution in [0.4, 0.5) is 0 Å². The molecule has 2 saturated carbocycles. The van der Waals surface area contributed by atoms with Crippen molar-refractivity contribution in [1.82, 2.24) is 4.90 Å². The maximum Gasteiger partial charge on any atom is 0.227 e. The normalized spacial score (nSPS) is 36.9. The summed E-state index contributed by atoms with van der Waals surface area (Å²) in [7, 11) is 0. The molecule has 108 valence electrons. The van der Waals surface area contributed by atoms with Gasteiger partial charge in [-0.25, -0.2) is 0 Å². The van der Waals surface area contributed by atoms with Crippen molar-refractivity contribution < 1.29 is 4.79 Å². The van der Waals surface area contributed by atoms with Crippen LogP contribution in [-0.4, -0.2) is 29.4 Å². The first kappa shape index (κ1) is 13.4. The molecule has 3 heteroatoms. The van der Waals surface area contributed by atoms with Crippen LogP contribution in [0.1, 0.15) is 64.2 Å². The smallest absolute Gasteiger partial charge is 0.227 e. The molecule has 3 unspecified atom stereocenters. The van der Waals surface area contributed by atoms with Crippen LogP contribution < -0.4 is 5.73 Å². The van der Waals surface area contributed by atoms with Gasteiger partial charge in [-0.3, -0.25) is 4.79 Å². The fraction of sp³-hybridized carbons (Fsp3) is 0.938. The molecule has 3 rings (SSSR count). The molecular formula is C16H28N2O. The lowest BCUT2D eigenvalue weighted by Gasteiger charge is -2.36. The third-order valence-electron chi connectivity index (χ3n) is 5.66. The van der Waals surface area contributed by atoms with Gasteiger partial charge in [0.15, 0.2) is 0 Å². The first-order valence-corrected chi connectivity index (χ1v) is 8.33. The molecule has 0 spiro atoms. The molecule has 3 fully saturated rings. The van der Waals surface area contributed by atoms with Crippen molar-refractivity contribution in [3.05, 3.63) is 0 Å². The summed E-state index contributed by atoms with van der Waals surface area (Å²) >= 11 is 0. The van der Waals surface area contributed by atoms with E-state index >= 15 is 0 Å². The van der Waals surface area contributed by atoms with Gasteiger partial charge in [0, 0.05) is 18.6 Å². The Labute approximate surface area is 116 Å². The average molecular weight is 264 g/mol. The minimum absolute atomic E-state index is 0.117. The second-order valence-corrected chi connectivity index (χ2v) is 6.84. The highest BCUT2D eigenvalue weighted by Crippen LogP contribution is 2.37. The van der Waals surface area contributed by atoms with Crippen LogP contribution in [0, 0.1) is 11.8 Å². The Kier molecular flexibility index (Phi) is 4.11. The van der Waals surface area contributed by atoms with Gasteiger partial charge < -0.3 is 10.6 Å². The minimum atomic E-state index is 0.117. The molecule has 3 aliphatic rings. The van der Waals surface area contributed by atoms with Crippen LogP contribution >= 0.6 is 0 Å². The summed E-state index contributed by atoms with van der Waals surface area (Å²) in [6.07, 6.45) is 12.3. The van der Waals surface area contributed by atoms with Gasteiger partial charge in [0.1, 0.15) is 0 Å². The standard InChI is InChI=1S/C16H28N2O/c17-14-9-4-3-8-13(14)16(19)18-11-5-10-15(18)12-6-1-2-7-12/h12-15H,1-11,17H2. The summed E-state index contributed by atoms with van der Waals surface area (Å²) < 4.78 is 0. The number of carbonyl (C=O) groups is 1. The highest BCUT2D eigenvalue weighted by atomic mass is 16.2. The lowest BCUT2D eigenvalue weighted by Crippen LogP contribution is -2.48. The Morgan fingerprint density at radius 3 is 2.32 bits per heavy atom. The minimum Gasteiger partial charge on any atom is -0.339 e. The van der Waals surface area contributed by atoms with Crippen molar-refractivity contribution >= 4 is 5.91 Å². The van der Waals surface area contributed by atoms with Crippen molar-refractivity contribution in [3.63, 3.8) is 0 Å². The zero-order valence-electron chi connectivity index (χ0n) is 12.0. The average Bonchev–Trinajstić information content (AvgIpc) is 3.09. The number of hydrogen-bond acceptors (Lipinski definition) is 2. The lowest BCUT2D eigenvalue weighted by atomic mass is 9.83. The molecule has 3 nitrogen and oxygen atoms in total. The predicted octanol–water partition coefficient (Wildman–Crippen LogP) is 2.69. The number of likely N-dealkylation sites (tertiary alicyclic amines) is 1. The van der Waals surface area contributed by atoms with E-state index in [0.29, 0.717) is 11.9 Å². The highest BCUT2D eigenvalue weighted by Gasteiger charge is 2.40. The number of amides is 1. The third-order valence-corrected chi connectivity index (χ3v) is 5.66. The van der Waals surface area contributed by atoms with E-state index in [2.05, 4.69) is 4.90 Å². The van der Waals surface area contributed by atoms with E-state index in [9.17, 15) is 4.79 Å². The molecule has 2 aliphatic carbocycles. The molecule has 1 heterocycles. The fourth-order valence-corrected chi connectivity index (χ4v) is 4.58. The molecule has 0 aromatic carbocycles. The molecule has 19 heavy (non-hydrogen) atoms. The maximum atomic E-state index is 12.8. The summed E-state index contributed by atoms with van der Waals surface area (Å²) in [6.45, 7) is 0.989. The molecule has 1 aliphatic heterocycles. The Balaban J connectivity index is 1.67. The fourth-order valence-electron chi connectivity index (χ4n) is 4.58. The largest absolute Gasteiger partial charge is 0.339 e. The number of nitrogens with two attached hydrogens (primary N) is 1. The van der Waals surface area contributed by atoms with Gasteiger partial charge in [-0.15, -0.1) is 0 Å². The summed E-state index contributed by atoms with van der Waals surface area (Å²) in [6, 6.07) is 0.662. The molecule has 1 saturated heterocycles. The molecular weight excluding hydrogens is 236 g/mol. The van der Waals surface area contributed by atoms with Gasteiger partial charge in [0.25, 0.3) is 0 Å². The van der Waals surface area contributed by atoms with Crippen molar-refractivity contribution in [2.75, 3.05) is 6.54 Å². The van der Waals surface area contributed by atoms with Crippen molar-refractivity contribution in [1.29, 1.82) is 0 Å². The first-order valence-electron chi connectivity index (χ1n) is 8.33. The zero-order valence-corrected chi connectivity index (χ0v) is 12.0. The quantitative estimate of drug-likeness (QED) is 0.833. The summed E-state index contributed by atoms with van der Waals surface area (Å²) in [5, 5.41) is 0. The van der Waals surface area contributed by atoms with Gasteiger partial charge in [-0.1, -0.05) is 25.7 Å². The number of nitrogens with zero attached hydrogens (tertiary/aromatic N) is 1. The Hall–Kier alpha value is -0.570. The summed E-state index contributed by atoms with van der Waals surface area (Å²) in [5.41, 5.74) is 6.20. The van der Waals surface area contributed by atoms with Crippen LogP contribution in [0.3, 0.4) is 0 Å². The van der Waals surface area contributed by atoms with E-state index in [1.165, 1.54) is 51.4 Å². The number of rotatable bonds is 2. The van der Waals surface area contributed by atoms with Crippen molar-refractivity contribution in [2.45, 2.75) is 76.3 Å². The Bertz CT molecular complexity index is 325. The van der Waals surface area contributed by atoms with E-state index in [1.807, 2.05) is 0 Å². The highest BCUT2D eigenvalue weighted by molar-refractivity contribution is 5.80. The summed E-state index contributed by atoms with van der Waals surface area (Å²) in [5.74, 6) is 1.30. The van der Waals surface area contributed by atoms with Crippen LogP contribution in [0.5, 0.6) is 0 Å². The Morgan fingerprint density at radius 2 is 1.58 bits per heavy atom. The van der Waals surface area contributed by atoms with Gasteiger partial charge in [0.2, 0.25) is 5.91 Å². The molecule has 3 atom stereocenters. The van der Waals surface area contributed by atoms with Crippen LogP contribution in [0.2, 0.25) is 0 Å². The second kappa shape index (κ2) is 5.82. The summed E-state index contributed by atoms with van der Waals surface area (Å²) in [4.78, 5) is 15.1. The maximum absolute atomic E-state index is 12.8. The van der Waals surface area contributed by atoms with Gasteiger partial charge in [-0.2, -0.15) is 0 Å². The zero-order chi connectivity index (χ0) is 13.2. The van der Waals surface area contributed by atoms with Gasteiger partial charge >= 0.3 is 0 Å². The third kappa shape index (κ3) is 2.67. The SMILES string of the molecule is NC1CCCCC1C(=O)N1CCCC1C1CCCC1. The second-order valence-electron chi connectivity index (χ2n) is 6.84. The molecule has 0 bridgehead atoms. The topological polar surface area (TPSA) is 46.3 Å². The number of carbonyl (C=O) groups excluding carboxylic acids is 1. The van der Waals surface area contributed by atoms with E-state index in [0.717, 1.165) is 25.3 Å². The molecule has 0 aromatic heterocycles. The predicted molar refractivity (Wildman–Crippen MR) is 76.6 cm³/mol. The van der Waals surface area contributed by atoms with Crippen LogP contribution in [0.15, 0.2) is 0 Å². The van der Waals surface area contributed by atoms with Gasteiger partial charge in [0.05, 0.1) is 5.92 Å². The van der Waals surface area contributed by atoms with E-state index < -0.39 is 0 Å². The molecule has 2 N–H and O–H groups in total. The molecule has 1 amide bonds. The van der Waals surface area contributed by atoms with E-state index in [4.69, 9.17) is 5.73 Å². The van der Waals surface area contributed by atoms with Gasteiger partial charge in [-0.05, 0) is 44.4 Å².